The number of benzene rings is 1. The predicted molar refractivity (Wildman–Crippen MR) is 76.9 cm³/mol. The number of nitrogens with zero attached hydrogens (tertiary/aromatic N) is 1. The van der Waals surface area contributed by atoms with Crippen molar-refractivity contribution < 1.29 is 8.42 Å². The molecule has 3 rings (SSSR count). The molecule has 0 aliphatic carbocycles. The molecule has 0 saturated carbocycles. The number of piperidine rings is 1. The number of sulfone groups is 1. The zero-order valence-corrected chi connectivity index (χ0v) is 12.2. The van der Waals surface area contributed by atoms with E-state index in [9.17, 15) is 8.42 Å². The fraction of sp³-hybridized carbons (Fsp3) is 0.429. The average molecular weight is 298 g/mol. The monoisotopic (exact) mass is 297 g/mol. The standard InChI is InChI=1S/C14H16ClNO2S/c15-12-5-4-6-13-14(12)11(10-19(13,17)18)9-16-7-2-1-3-8-16/h4-6,10H,1-3,7-9H2. The number of hydrogen-bond donors (Lipinski definition) is 0. The molecule has 1 aromatic rings. The predicted octanol–water partition coefficient (Wildman–Crippen LogP) is 2.95. The second kappa shape index (κ2) is 4.93. The van der Waals surface area contributed by atoms with Gasteiger partial charge in [0.25, 0.3) is 0 Å². The molecule has 19 heavy (non-hydrogen) atoms. The highest BCUT2D eigenvalue weighted by Crippen LogP contribution is 2.38. The molecule has 2 heterocycles. The van der Waals surface area contributed by atoms with Gasteiger partial charge in [-0.05, 0) is 43.6 Å². The smallest absolute Gasteiger partial charge is 0.200 e. The summed E-state index contributed by atoms with van der Waals surface area (Å²) in [6, 6.07) is 5.08. The first kappa shape index (κ1) is 13.2. The molecular formula is C14H16ClNO2S. The van der Waals surface area contributed by atoms with Gasteiger partial charge in [0.2, 0.25) is 9.84 Å². The zero-order chi connectivity index (χ0) is 13.5. The summed E-state index contributed by atoms with van der Waals surface area (Å²) < 4.78 is 24.2. The van der Waals surface area contributed by atoms with Crippen LogP contribution in [0.5, 0.6) is 0 Å². The highest BCUT2D eigenvalue weighted by Gasteiger charge is 2.29. The minimum Gasteiger partial charge on any atom is -0.299 e. The van der Waals surface area contributed by atoms with Gasteiger partial charge in [0.15, 0.2) is 0 Å². The Labute approximate surface area is 118 Å². The molecule has 0 N–H and O–H groups in total. The lowest BCUT2D eigenvalue weighted by Gasteiger charge is -2.27. The molecule has 1 saturated heterocycles. The second-order valence-corrected chi connectivity index (χ2v) is 7.31. The maximum Gasteiger partial charge on any atom is 0.200 e. The molecule has 1 fully saturated rings. The first-order chi connectivity index (χ1) is 9.08. The van der Waals surface area contributed by atoms with Crippen molar-refractivity contribution >= 4 is 27.0 Å². The van der Waals surface area contributed by atoms with Gasteiger partial charge in [-0.3, -0.25) is 4.90 Å². The topological polar surface area (TPSA) is 37.4 Å². The summed E-state index contributed by atoms with van der Waals surface area (Å²) in [5.74, 6) is 0. The first-order valence-electron chi connectivity index (χ1n) is 6.55. The van der Waals surface area contributed by atoms with Crippen molar-refractivity contribution in [2.24, 2.45) is 0 Å². The second-order valence-electron chi connectivity index (χ2n) is 5.14. The first-order valence-corrected chi connectivity index (χ1v) is 8.47. The molecule has 0 bridgehead atoms. The lowest BCUT2D eigenvalue weighted by molar-refractivity contribution is 0.255. The van der Waals surface area contributed by atoms with E-state index in [4.69, 9.17) is 11.6 Å². The van der Waals surface area contributed by atoms with Gasteiger partial charge < -0.3 is 0 Å². The molecular weight excluding hydrogens is 282 g/mol. The Morgan fingerprint density at radius 3 is 2.63 bits per heavy atom. The summed E-state index contributed by atoms with van der Waals surface area (Å²) in [5, 5.41) is 1.92. The van der Waals surface area contributed by atoms with E-state index in [1.54, 1.807) is 18.2 Å². The Hall–Kier alpha value is -0.840. The third-order valence-electron chi connectivity index (χ3n) is 3.74. The highest BCUT2D eigenvalue weighted by atomic mass is 35.5. The van der Waals surface area contributed by atoms with E-state index in [-0.39, 0.29) is 0 Å². The van der Waals surface area contributed by atoms with E-state index in [0.29, 0.717) is 22.0 Å². The Bertz CT molecular complexity index is 631. The van der Waals surface area contributed by atoms with Gasteiger partial charge in [-0.2, -0.15) is 0 Å². The Balaban J connectivity index is 1.95. The van der Waals surface area contributed by atoms with E-state index in [2.05, 4.69) is 4.90 Å². The van der Waals surface area contributed by atoms with Gasteiger partial charge >= 0.3 is 0 Å². The number of hydrogen-bond acceptors (Lipinski definition) is 3. The Kier molecular flexibility index (Phi) is 3.41. The van der Waals surface area contributed by atoms with E-state index in [0.717, 1.165) is 18.7 Å². The van der Waals surface area contributed by atoms with Crippen molar-refractivity contribution in [3.8, 4) is 0 Å². The normalized spacial score (nSPS) is 22.1. The molecule has 0 spiro atoms. The maximum absolute atomic E-state index is 12.1. The molecule has 0 amide bonds. The van der Waals surface area contributed by atoms with Gasteiger partial charge in [-0.15, -0.1) is 0 Å². The average Bonchev–Trinajstić information content (AvgIpc) is 2.63. The largest absolute Gasteiger partial charge is 0.299 e. The van der Waals surface area contributed by atoms with Crippen molar-refractivity contribution in [2.75, 3.05) is 19.6 Å². The third kappa shape index (κ3) is 2.45. The lowest BCUT2D eigenvalue weighted by Crippen LogP contribution is -2.31. The van der Waals surface area contributed by atoms with Crippen LogP contribution in [0.3, 0.4) is 0 Å². The lowest BCUT2D eigenvalue weighted by atomic mass is 10.1. The van der Waals surface area contributed by atoms with Gasteiger partial charge in [-0.25, -0.2) is 8.42 Å². The number of likely N-dealkylation sites (tertiary alicyclic amines) is 1. The van der Waals surface area contributed by atoms with E-state index < -0.39 is 9.84 Å². The van der Waals surface area contributed by atoms with Crippen LogP contribution in [0.2, 0.25) is 5.02 Å². The van der Waals surface area contributed by atoms with Crippen molar-refractivity contribution in [1.82, 2.24) is 4.90 Å². The fourth-order valence-corrected chi connectivity index (χ4v) is 4.68. The zero-order valence-electron chi connectivity index (χ0n) is 10.6. The van der Waals surface area contributed by atoms with Crippen molar-refractivity contribution in [1.29, 1.82) is 0 Å². The summed E-state index contributed by atoms with van der Waals surface area (Å²) in [7, 11) is -3.30. The van der Waals surface area contributed by atoms with E-state index >= 15 is 0 Å². The summed E-state index contributed by atoms with van der Waals surface area (Å²) in [5.41, 5.74) is 1.54. The van der Waals surface area contributed by atoms with Crippen LogP contribution >= 0.6 is 11.6 Å². The summed E-state index contributed by atoms with van der Waals surface area (Å²) in [6.45, 7) is 2.75. The van der Waals surface area contributed by atoms with Crippen molar-refractivity contribution in [3.05, 3.63) is 34.2 Å². The van der Waals surface area contributed by atoms with Gasteiger partial charge in [-0.1, -0.05) is 24.1 Å². The maximum atomic E-state index is 12.1. The van der Waals surface area contributed by atoms with Gasteiger partial charge in [0.1, 0.15) is 0 Å². The summed E-state index contributed by atoms with van der Waals surface area (Å²) >= 11 is 6.19. The van der Waals surface area contributed by atoms with Crippen LogP contribution in [0, 0.1) is 0 Å². The van der Waals surface area contributed by atoms with Crippen LogP contribution in [-0.2, 0) is 9.84 Å². The number of rotatable bonds is 2. The van der Waals surface area contributed by atoms with Crippen LogP contribution in [0.25, 0.3) is 5.57 Å². The SMILES string of the molecule is O=S1(=O)C=C(CN2CCCCC2)c2c(Cl)cccc21. The minimum atomic E-state index is -3.30. The van der Waals surface area contributed by atoms with Crippen LogP contribution in [0.1, 0.15) is 24.8 Å². The molecule has 0 atom stereocenters. The molecule has 1 aromatic carbocycles. The van der Waals surface area contributed by atoms with E-state index in [1.165, 1.54) is 24.7 Å². The quantitative estimate of drug-likeness (QED) is 0.842. The van der Waals surface area contributed by atoms with E-state index in [1.807, 2.05) is 0 Å². The molecule has 3 nitrogen and oxygen atoms in total. The summed E-state index contributed by atoms with van der Waals surface area (Å²) in [4.78, 5) is 2.66. The van der Waals surface area contributed by atoms with Crippen molar-refractivity contribution in [2.45, 2.75) is 24.2 Å². The molecule has 0 aromatic heterocycles. The molecule has 5 heteroatoms. The molecule has 0 unspecified atom stereocenters. The highest BCUT2D eigenvalue weighted by molar-refractivity contribution is 7.95. The molecule has 2 aliphatic heterocycles. The van der Waals surface area contributed by atoms with Crippen LogP contribution in [0.15, 0.2) is 28.5 Å². The van der Waals surface area contributed by atoms with Crippen LogP contribution in [-0.4, -0.2) is 33.0 Å². The molecule has 2 aliphatic rings. The summed E-state index contributed by atoms with van der Waals surface area (Å²) in [6.07, 6.45) is 3.65. The minimum absolute atomic E-state index is 0.354. The van der Waals surface area contributed by atoms with Crippen LogP contribution in [0.4, 0.5) is 0 Å². The van der Waals surface area contributed by atoms with Gasteiger partial charge in [0.05, 0.1) is 4.90 Å². The van der Waals surface area contributed by atoms with Gasteiger partial charge in [0, 0.05) is 22.5 Å². The Morgan fingerprint density at radius 2 is 1.89 bits per heavy atom. The molecule has 102 valence electrons. The molecule has 0 radical (unpaired) electrons. The van der Waals surface area contributed by atoms with Crippen molar-refractivity contribution in [3.63, 3.8) is 0 Å². The number of halogens is 1. The third-order valence-corrected chi connectivity index (χ3v) is 5.61. The Morgan fingerprint density at radius 1 is 1.16 bits per heavy atom. The van der Waals surface area contributed by atoms with Crippen LogP contribution < -0.4 is 0 Å². The fourth-order valence-electron chi connectivity index (χ4n) is 2.84. The number of fused-ring (bicyclic) bond motifs is 1.